The van der Waals surface area contributed by atoms with E-state index in [0.717, 1.165) is 44.1 Å². The van der Waals surface area contributed by atoms with E-state index in [0.29, 0.717) is 36.9 Å². The predicted molar refractivity (Wildman–Crippen MR) is 101 cm³/mol. The van der Waals surface area contributed by atoms with Crippen molar-refractivity contribution in [2.75, 3.05) is 0 Å². The maximum absolute atomic E-state index is 12.1. The van der Waals surface area contributed by atoms with E-state index in [4.69, 9.17) is 4.42 Å². The third kappa shape index (κ3) is 2.04. The van der Waals surface area contributed by atoms with Crippen molar-refractivity contribution in [2.24, 2.45) is 28.6 Å². The fourth-order valence-electron chi connectivity index (χ4n) is 7.99. The molecule has 0 aliphatic heterocycles. The standard InChI is InChI=1S/C23H32O4/c1-20-8-5-17(24)13-15(20)3-4-19-18(20)6-9-21(2)22(25,10-11-23(19,21)26)16-7-12-27-14-16/h7,12,14-15,18-19,25-26H,3-6,8-11,13H2,1-2H3/t15?,18-,19-,20+,21-,22?,23-/m1/s1. The smallest absolute Gasteiger partial charge is 0.133 e. The first-order chi connectivity index (χ1) is 12.7. The van der Waals surface area contributed by atoms with Crippen molar-refractivity contribution in [1.82, 2.24) is 0 Å². The van der Waals surface area contributed by atoms with E-state index < -0.39 is 16.6 Å². The minimum absolute atomic E-state index is 0.157. The molecule has 4 aliphatic rings. The normalized spacial score (nSPS) is 52.1. The molecule has 1 aromatic rings. The molecule has 4 aliphatic carbocycles. The lowest BCUT2D eigenvalue weighted by Crippen LogP contribution is -2.64. The molecule has 0 bridgehead atoms. The SMILES string of the molecule is C[C@]12CCC(=O)CC1CC[C@@H]1[C@H]2CC[C@]2(C)C(O)(c3ccoc3)CC[C@@]12O. The number of rotatable bonds is 1. The molecule has 1 aromatic heterocycles. The van der Waals surface area contributed by atoms with Gasteiger partial charge in [-0.05, 0) is 74.2 Å². The Bertz CT molecular complexity index is 756. The second kappa shape index (κ2) is 5.48. The second-order valence-corrected chi connectivity index (χ2v) is 10.4. The van der Waals surface area contributed by atoms with Gasteiger partial charge < -0.3 is 14.6 Å². The Morgan fingerprint density at radius 3 is 2.59 bits per heavy atom. The highest BCUT2D eigenvalue weighted by Gasteiger charge is 2.72. The number of aliphatic hydroxyl groups is 2. The van der Waals surface area contributed by atoms with Gasteiger partial charge in [-0.1, -0.05) is 13.8 Å². The van der Waals surface area contributed by atoms with Crippen LogP contribution in [0.3, 0.4) is 0 Å². The maximum Gasteiger partial charge on any atom is 0.133 e. The average molecular weight is 373 g/mol. The summed E-state index contributed by atoms with van der Waals surface area (Å²) in [4.78, 5) is 12.0. The van der Waals surface area contributed by atoms with Gasteiger partial charge in [0.2, 0.25) is 0 Å². The van der Waals surface area contributed by atoms with E-state index in [1.807, 2.05) is 6.07 Å². The van der Waals surface area contributed by atoms with E-state index >= 15 is 0 Å². The highest BCUT2D eigenvalue weighted by Crippen LogP contribution is 2.71. The van der Waals surface area contributed by atoms with E-state index in [1.54, 1.807) is 12.5 Å². The number of fused-ring (bicyclic) bond motifs is 5. The summed E-state index contributed by atoms with van der Waals surface area (Å²) in [6, 6.07) is 1.86. The Balaban J connectivity index is 1.53. The van der Waals surface area contributed by atoms with Crippen molar-refractivity contribution in [3.05, 3.63) is 24.2 Å². The van der Waals surface area contributed by atoms with Gasteiger partial charge in [-0.3, -0.25) is 4.79 Å². The van der Waals surface area contributed by atoms with Crippen molar-refractivity contribution in [2.45, 2.75) is 82.8 Å². The molecule has 4 fully saturated rings. The van der Waals surface area contributed by atoms with Crippen LogP contribution in [0.15, 0.2) is 23.0 Å². The Morgan fingerprint density at radius 1 is 1.04 bits per heavy atom. The molecule has 148 valence electrons. The Kier molecular flexibility index (Phi) is 3.64. The van der Waals surface area contributed by atoms with Crippen molar-refractivity contribution in [3.8, 4) is 0 Å². The second-order valence-electron chi connectivity index (χ2n) is 10.4. The van der Waals surface area contributed by atoms with Crippen LogP contribution in [0.1, 0.15) is 77.2 Å². The first-order valence-electron chi connectivity index (χ1n) is 10.7. The molecule has 1 heterocycles. The number of carbonyl (C=O) groups excluding carboxylic acids is 1. The third-order valence-corrected chi connectivity index (χ3v) is 9.81. The summed E-state index contributed by atoms with van der Waals surface area (Å²) < 4.78 is 5.28. The number of hydrogen-bond donors (Lipinski definition) is 2. The van der Waals surface area contributed by atoms with E-state index in [-0.39, 0.29) is 11.3 Å². The van der Waals surface area contributed by atoms with Gasteiger partial charge in [0.25, 0.3) is 0 Å². The maximum atomic E-state index is 12.1. The van der Waals surface area contributed by atoms with Crippen LogP contribution in [0, 0.1) is 28.6 Å². The summed E-state index contributed by atoms with van der Waals surface area (Å²) in [6.07, 6.45) is 10.8. The molecule has 0 saturated heterocycles. The number of hydrogen-bond acceptors (Lipinski definition) is 4. The fourth-order valence-corrected chi connectivity index (χ4v) is 7.99. The summed E-state index contributed by atoms with van der Waals surface area (Å²) in [6.45, 7) is 4.48. The average Bonchev–Trinajstić information content (AvgIpc) is 3.24. The molecule has 0 amide bonds. The van der Waals surface area contributed by atoms with E-state index in [9.17, 15) is 15.0 Å². The summed E-state index contributed by atoms with van der Waals surface area (Å²) in [5, 5.41) is 23.8. The van der Waals surface area contributed by atoms with Crippen LogP contribution in [0.25, 0.3) is 0 Å². The fraction of sp³-hybridized carbons (Fsp3) is 0.783. The van der Waals surface area contributed by atoms with Gasteiger partial charge in [0.15, 0.2) is 0 Å². The third-order valence-electron chi connectivity index (χ3n) is 9.81. The number of Topliss-reactive ketones (excluding diaryl/α,β-unsaturated/α-hetero) is 1. The molecule has 2 unspecified atom stereocenters. The van der Waals surface area contributed by atoms with E-state index in [1.165, 1.54) is 0 Å². The Morgan fingerprint density at radius 2 is 1.85 bits per heavy atom. The monoisotopic (exact) mass is 372 g/mol. The molecule has 27 heavy (non-hydrogen) atoms. The lowest BCUT2D eigenvalue weighted by atomic mass is 9.43. The highest BCUT2D eigenvalue weighted by molar-refractivity contribution is 5.79. The summed E-state index contributed by atoms with van der Waals surface area (Å²) in [5.41, 5.74) is -1.47. The molecule has 0 aromatic carbocycles. The van der Waals surface area contributed by atoms with Crippen molar-refractivity contribution in [1.29, 1.82) is 0 Å². The van der Waals surface area contributed by atoms with Gasteiger partial charge in [-0.2, -0.15) is 0 Å². The Labute approximate surface area is 161 Å². The molecule has 4 heteroatoms. The van der Waals surface area contributed by atoms with Crippen LogP contribution in [-0.2, 0) is 10.4 Å². The highest BCUT2D eigenvalue weighted by atomic mass is 16.3. The molecule has 0 spiro atoms. The summed E-state index contributed by atoms with van der Waals surface area (Å²) in [7, 11) is 0. The van der Waals surface area contributed by atoms with Gasteiger partial charge in [0, 0.05) is 23.8 Å². The lowest BCUT2D eigenvalue weighted by Gasteiger charge is -2.63. The van der Waals surface area contributed by atoms with Gasteiger partial charge in [0.05, 0.1) is 18.1 Å². The van der Waals surface area contributed by atoms with Crippen molar-refractivity contribution >= 4 is 5.78 Å². The molecular weight excluding hydrogens is 340 g/mol. The van der Waals surface area contributed by atoms with Gasteiger partial charge in [-0.25, -0.2) is 0 Å². The first-order valence-corrected chi connectivity index (χ1v) is 10.7. The molecule has 2 N–H and O–H groups in total. The molecular formula is C23H32O4. The van der Waals surface area contributed by atoms with Gasteiger partial charge in [0.1, 0.15) is 11.4 Å². The van der Waals surface area contributed by atoms with Gasteiger partial charge >= 0.3 is 0 Å². The number of furan rings is 1. The minimum atomic E-state index is -1.03. The Hall–Kier alpha value is -1.13. The minimum Gasteiger partial charge on any atom is -0.472 e. The van der Waals surface area contributed by atoms with Crippen LogP contribution >= 0.6 is 0 Å². The number of carbonyl (C=O) groups is 1. The van der Waals surface area contributed by atoms with Crippen molar-refractivity contribution in [3.63, 3.8) is 0 Å². The van der Waals surface area contributed by atoms with Crippen LogP contribution in [-0.4, -0.2) is 21.6 Å². The quantitative estimate of drug-likeness (QED) is 0.775. The largest absolute Gasteiger partial charge is 0.472 e. The molecule has 5 rings (SSSR count). The molecule has 0 radical (unpaired) electrons. The lowest BCUT2D eigenvalue weighted by molar-refractivity contribution is -0.235. The van der Waals surface area contributed by atoms with Crippen LogP contribution in [0.5, 0.6) is 0 Å². The zero-order valence-electron chi connectivity index (χ0n) is 16.5. The first kappa shape index (κ1) is 17.9. The number of ketones is 1. The van der Waals surface area contributed by atoms with Crippen molar-refractivity contribution < 1.29 is 19.4 Å². The summed E-state index contributed by atoms with van der Waals surface area (Å²) >= 11 is 0. The van der Waals surface area contributed by atoms with Gasteiger partial charge in [-0.15, -0.1) is 0 Å². The van der Waals surface area contributed by atoms with Crippen LogP contribution < -0.4 is 0 Å². The molecule has 4 saturated carbocycles. The van der Waals surface area contributed by atoms with Crippen LogP contribution in [0.2, 0.25) is 0 Å². The zero-order valence-corrected chi connectivity index (χ0v) is 16.5. The topological polar surface area (TPSA) is 70.7 Å². The predicted octanol–water partition coefficient (Wildman–Crippen LogP) is 4.19. The molecule has 7 atom stereocenters. The zero-order chi connectivity index (χ0) is 19.1. The molecule has 4 nitrogen and oxygen atoms in total. The summed E-state index contributed by atoms with van der Waals surface area (Å²) in [5.74, 6) is 1.56. The van der Waals surface area contributed by atoms with Crippen LogP contribution in [0.4, 0.5) is 0 Å². The van der Waals surface area contributed by atoms with E-state index in [2.05, 4.69) is 13.8 Å².